The highest BCUT2D eigenvalue weighted by atomic mass is 16.3. The lowest BCUT2D eigenvalue weighted by molar-refractivity contribution is 0.217. The van der Waals surface area contributed by atoms with Gasteiger partial charge in [-0.3, -0.25) is 0 Å². The van der Waals surface area contributed by atoms with Gasteiger partial charge in [-0.05, 0) is 25.3 Å². The Morgan fingerprint density at radius 2 is 1.93 bits per heavy atom. The maximum atomic E-state index is 9.44. The van der Waals surface area contributed by atoms with Gasteiger partial charge in [-0.15, -0.1) is 0 Å². The molecule has 14 heavy (non-hydrogen) atoms. The Kier molecular flexibility index (Phi) is 8.37. The van der Waals surface area contributed by atoms with Gasteiger partial charge in [-0.1, -0.05) is 51.0 Å². The predicted molar refractivity (Wildman–Crippen MR) is 62.0 cm³/mol. The van der Waals surface area contributed by atoms with E-state index in [9.17, 15) is 5.11 Å². The lowest BCUT2D eigenvalue weighted by Gasteiger charge is -2.02. The highest BCUT2D eigenvalue weighted by Crippen LogP contribution is 2.06. The molecule has 0 saturated carbocycles. The van der Waals surface area contributed by atoms with Crippen LogP contribution in [0.15, 0.2) is 12.2 Å². The van der Waals surface area contributed by atoms with E-state index in [0.29, 0.717) is 0 Å². The van der Waals surface area contributed by atoms with Crippen molar-refractivity contribution in [3.05, 3.63) is 12.2 Å². The molecule has 0 aliphatic heterocycles. The van der Waals surface area contributed by atoms with Crippen molar-refractivity contribution in [3.8, 4) is 11.8 Å². The van der Waals surface area contributed by atoms with E-state index in [0.717, 1.165) is 18.4 Å². The van der Waals surface area contributed by atoms with Crippen LogP contribution in [-0.4, -0.2) is 11.2 Å². The quantitative estimate of drug-likeness (QED) is 0.508. The largest absolute Gasteiger partial charge is 0.380 e. The topological polar surface area (TPSA) is 20.2 Å². The first-order valence-electron chi connectivity index (χ1n) is 5.52. The van der Waals surface area contributed by atoms with E-state index in [4.69, 9.17) is 0 Å². The molecular formula is C13H22O. The smallest absolute Gasteiger partial charge is 0.115 e. The molecule has 0 heterocycles. The van der Waals surface area contributed by atoms with Crippen molar-refractivity contribution in [2.45, 2.75) is 58.5 Å². The average Bonchev–Trinajstić information content (AvgIpc) is 2.14. The van der Waals surface area contributed by atoms with Gasteiger partial charge in [-0.25, -0.2) is 0 Å². The molecule has 1 N–H and O–H groups in total. The Balaban J connectivity index is 3.41. The highest BCUT2D eigenvalue weighted by Gasteiger charge is 1.98. The van der Waals surface area contributed by atoms with Crippen molar-refractivity contribution >= 4 is 0 Å². The Hall–Kier alpha value is -0.740. The highest BCUT2D eigenvalue weighted by molar-refractivity contribution is 5.24. The molecule has 0 rings (SSSR count). The molecule has 0 aliphatic carbocycles. The van der Waals surface area contributed by atoms with Gasteiger partial charge in [0.15, 0.2) is 0 Å². The first kappa shape index (κ1) is 13.3. The summed E-state index contributed by atoms with van der Waals surface area (Å²) in [4.78, 5) is 0. The van der Waals surface area contributed by atoms with Crippen LogP contribution in [0.4, 0.5) is 0 Å². The number of rotatable bonds is 6. The van der Waals surface area contributed by atoms with E-state index in [1.54, 1.807) is 0 Å². The van der Waals surface area contributed by atoms with Crippen molar-refractivity contribution < 1.29 is 5.11 Å². The molecule has 0 amide bonds. The maximum absolute atomic E-state index is 9.44. The van der Waals surface area contributed by atoms with Crippen molar-refractivity contribution in [1.29, 1.82) is 0 Å². The van der Waals surface area contributed by atoms with Crippen molar-refractivity contribution in [1.82, 2.24) is 0 Å². The molecule has 0 bridgehead atoms. The van der Waals surface area contributed by atoms with E-state index in [1.165, 1.54) is 25.7 Å². The number of hydrogen-bond donors (Lipinski definition) is 1. The Morgan fingerprint density at radius 1 is 1.29 bits per heavy atom. The predicted octanol–water partition coefficient (Wildman–Crippen LogP) is 3.29. The number of allylic oxidation sites excluding steroid dienone is 1. The van der Waals surface area contributed by atoms with Gasteiger partial charge >= 0.3 is 0 Å². The van der Waals surface area contributed by atoms with Gasteiger partial charge in [-0.2, -0.15) is 0 Å². The van der Waals surface area contributed by atoms with E-state index < -0.39 is 6.10 Å². The number of aliphatic hydroxyl groups is 1. The van der Waals surface area contributed by atoms with E-state index >= 15 is 0 Å². The van der Waals surface area contributed by atoms with Crippen LogP contribution in [0.25, 0.3) is 0 Å². The zero-order valence-corrected chi connectivity index (χ0v) is 9.47. The average molecular weight is 194 g/mol. The second-order valence-electron chi connectivity index (χ2n) is 3.77. The van der Waals surface area contributed by atoms with Gasteiger partial charge < -0.3 is 5.11 Å². The molecule has 1 nitrogen and oxygen atoms in total. The summed E-state index contributed by atoms with van der Waals surface area (Å²) in [7, 11) is 0. The van der Waals surface area contributed by atoms with E-state index in [-0.39, 0.29) is 0 Å². The van der Waals surface area contributed by atoms with Gasteiger partial charge in [0.1, 0.15) is 6.10 Å². The number of unbranched alkanes of at least 4 members (excludes halogenated alkanes) is 4. The van der Waals surface area contributed by atoms with Crippen molar-refractivity contribution in [3.63, 3.8) is 0 Å². The lowest BCUT2D eigenvalue weighted by Crippen LogP contribution is -2.02. The lowest BCUT2D eigenvalue weighted by atomic mass is 10.1. The van der Waals surface area contributed by atoms with Crippen LogP contribution in [0, 0.1) is 11.8 Å². The summed E-state index contributed by atoms with van der Waals surface area (Å²) in [6.45, 7) is 7.71. The Morgan fingerprint density at radius 3 is 2.50 bits per heavy atom. The molecule has 0 radical (unpaired) electrons. The third kappa shape index (κ3) is 9.35. The first-order chi connectivity index (χ1) is 6.66. The molecular weight excluding hydrogens is 172 g/mol. The Bertz CT molecular complexity index is 207. The minimum absolute atomic E-state index is 0.465. The minimum atomic E-state index is -0.465. The van der Waals surface area contributed by atoms with Crippen LogP contribution in [-0.2, 0) is 0 Å². The standard InChI is InChI=1S/C13H22O/c1-4-5-6-7-8-9-13(14)11-10-12(2)3/h13-14H,2,4-9H2,1,3H3/t13-/m1/s1. The summed E-state index contributed by atoms with van der Waals surface area (Å²) >= 11 is 0. The molecule has 0 aromatic rings. The molecule has 0 aromatic heterocycles. The monoisotopic (exact) mass is 194 g/mol. The fraction of sp³-hybridized carbons (Fsp3) is 0.692. The number of aliphatic hydroxyl groups excluding tert-OH is 1. The normalized spacial score (nSPS) is 11.6. The SMILES string of the molecule is C=C(C)C#C[C@H](O)CCCCCCC. The third-order valence-electron chi connectivity index (χ3n) is 2.03. The molecule has 1 atom stereocenters. The fourth-order valence-corrected chi connectivity index (χ4v) is 1.22. The summed E-state index contributed by atoms with van der Waals surface area (Å²) in [6.07, 6.45) is 6.45. The fourth-order valence-electron chi connectivity index (χ4n) is 1.22. The van der Waals surface area contributed by atoms with E-state index in [2.05, 4.69) is 25.3 Å². The van der Waals surface area contributed by atoms with Crippen LogP contribution in [0.1, 0.15) is 52.4 Å². The molecule has 1 heteroatoms. The molecule has 0 fully saturated rings. The van der Waals surface area contributed by atoms with Gasteiger partial charge in [0.25, 0.3) is 0 Å². The molecule has 0 aromatic carbocycles. The maximum Gasteiger partial charge on any atom is 0.115 e. The second kappa shape index (κ2) is 8.84. The van der Waals surface area contributed by atoms with Gasteiger partial charge in [0, 0.05) is 0 Å². The number of hydrogen-bond acceptors (Lipinski definition) is 1. The molecule has 0 unspecified atom stereocenters. The summed E-state index contributed by atoms with van der Waals surface area (Å²) in [5, 5.41) is 9.44. The van der Waals surface area contributed by atoms with Gasteiger partial charge in [0.2, 0.25) is 0 Å². The van der Waals surface area contributed by atoms with E-state index in [1.807, 2.05) is 6.92 Å². The molecule has 80 valence electrons. The van der Waals surface area contributed by atoms with Crippen molar-refractivity contribution in [2.24, 2.45) is 0 Å². The van der Waals surface area contributed by atoms with Crippen LogP contribution in [0.3, 0.4) is 0 Å². The molecule has 0 spiro atoms. The molecule has 0 aliphatic rings. The van der Waals surface area contributed by atoms with Gasteiger partial charge in [0.05, 0.1) is 0 Å². The van der Waals surface area contributed by atoms with Crippen LogP contribution >= 0.6 is 0 Å². The first-order valence-corrected chi connectivity index (χ1v) is 5.52. The van der Waals surface area contributed by atoms with Crippen LogP contribution in [0.2, 0.25) is 0 Å². The third-order valence-corrected chi connectivity index (χ3v) is 2.03. The summed E-state index contributed by atoms with van der Waals surface area (Å²) in [6, 6.07) is 0. The minimum Gasteiger partial charge on any atom is -0.380 e. The zero-order chi connectivity index (χ0) is 10.8. The zero-order valence-electron chi connectivity index (χ0n) is 9.47. The van der Waals surface area contributed by atoms with Crippen LogP contribution in [0.5, 0.6) is 0 Å². The molecule has 0 saturated heterocycles. The van der Waals surface area contributed by atoms with Crippen molar-refractivity contribution in [2.75, 3.05) is 0 Å². The summed E-state index contributed by atoms with van der Waals surface area (Å²) in [5.74, 6) is 5.58. The summed E-state index contributed by atoms with van der Waals surface area (Å²) in [5.41, 5.74) is 0.815. The Labute approximate surface area is 88.2 Å². The second-order valence-corrected chi connectivity index (χ2v) is 3.77. The van der Waals surface area contributed by atoms with Crippen LogP contribution < -0.4 is 0 Å². The summed E-state index contributed by atoms with van der Waals surface area (Å²) < 4.78 is 0.